The van der Waals surface area contributed by atoms with Crippen LogP contribution in [0.4, 0.5) is 16.0 Å². The summed E-state index contributed by atoms with van der Waals surface area (Å²) in [7, 11) is 0. The number of aromatic nitrogens is 2. The summed E-state index contributed by atoms with van der Waals surface area (Å²) >= 11 is 0. The predicted molar refractivity (Wildman–Crippen MR) is 134 cm³/mol. The van der Waals surface area contributed by atoms with E-state index < -0.39 is 0 Å². The van der Waals surface area contributed by atoms with Crippen LogP contribution in [0.5, 0.6) is 0 Å². The Bertz CT molecular complexity index is 1060. The van der Waals surface area contributed by atoms with Crippen LogP contribution < -0.4 is 15.1 Å². The third-order valence-electron chi connectivity index (χ3n) is 6.98. The van der Waals surface area contributed by atoms with Crippen molar-refractivity contribution in [2.45, 2.75) is 19.3 Å². The molecule has 34 heavy (non-hydrogen) atoms. The second-order valence-corrected chi connectivity index (χ2v) is 9.31. The van der Waals surface area contributed by atoms with Crippen LogP contribution in [-0.2, 0) is 4.79 Å². The van der Waals surface area contributed by atoms with Crippen molar-refractivity contribution in [1.82, 2.24) is 20.2 Å². The number of halogens is 1. The average Bonchev–Trinajstić information content (AvgIpc) is 3.32. The van der Waals surface area contributed by atoms with Gasteiger partial charge in [0.25, 0.3) is 0 Å². The molecule has 180 valence electrons. The first-order valence-electron chi connectivity index (χ1n) is 12.4. The highest BCUT2D eigenvalue weighted by Crippen LogP contribution is 2.23. The zero-order chi connectivity index (χ0) is 23.3. The zero-order valence-electron chi connectivity index (χ0n) is 19.5. The Hall–Kier alpha value is -3.13. The van der Waals surface area contributed by atoms with E-state index >= 15 is 0 Å². The fraction of sp³-hybridized carbons (Fsp3) is 0.462. The van der Waals surface area contributed by atoms with Crippen LogP contribution in [0, 0.1) is 11.7 Å². The molecule has 2 N–H and O–H groups in total. The molecule has 5 rings (SSSR count). The minimum absolute atomic E-state index is 0.00113. The van der Waals surface area contributed by atoms with Gasteiger partial charge in [-0.3, -0.25) is 9.69 Å². The molecule has 2 aliphatic rings. The number of amides is 1. The highest BCUT2D eigenvalue weighted by molar-refractivity contribution is 5.80. The highest BCUT2D eigenvalue weighted by atomic mass is 19.1. The molecule has 1 amide bonds. The Balaban J connectivity index is 1.02. The number of nitrogens with one attached hydrogen (secondary N) is 2. The molecular weight excluding hydrogens is 431 g/mol. The number of fused-ring (bicyclic) bond motifs is 1. The predicted octanol–water partition coefficient (Wildman–Crippen LogP) is 3.25. The lowest BCUT2D eigenvalue weighted by molar-refractivity contribution is -0.125. The number of H-pyrrole nitrogens is 1. The van der Waals surface area contributed by atoms with Crippen LogP contribution in [-0.4, -0.2) is 73.1 Å². The molecular formula is C26H33FN6O. The van der Waals surface area contributed by atoms with E-state index in [2.05, 4.69) is 25.0 Å². The molecule has 1 aromatic heterocycles. The maximum atomic E-state index is 13.1. The number of aromatic amines is 1. The van der Waals surface area contributed by atoms with Crippen molar-refractivity contribution in [3.63, 3.8) is 0 Å². The maximum absolute atomic E-state index is 13.1. The van der Waals surface area contributed by atoms with Crippen LogP contribution >= 0.6 is 0 Å². The van der Waals surface area contributed by atoms with Crippen molar-refractivity contribution in [1.29, 1.82) is 0 Å². The summed E-state index contributed by atoms with van der Waals surface area (Å²) in [6, 6.07) is 14.8. The van der Waals surface area contributed by atoms with E-state index in [9.17, 15) is 9.18 Å². The third-order valence-corrected chi connectivity index (χ3v) is 6.98. The van der Waals surface area contributed by atoms with Gasteiger partial charge in [-0.15, -0.1) is 0 Å². The molecule has 8 heteroatoms. The summed E-state index contributed by atoms with van der Waals surface area (Å²) in [4.78, 5) is 27.8. The number of piperidine rings is 1. The van der Waals surface area contributed by atoms with Gasteiger partial charge in [0.1, 0.15) is 5.82 Å². The number of hydrogen-bond donors (Lipinski definition) is 2. The number of anilines is 2. The number of carbonyl (C=O) groups is 1. The highest BCUT2D eigenvalue weighted by Gasteiger charge is 2.27. The van der Waals surface area contributed by atoms with Crippen LogP contribution in [0.15, 0.2) is 48.5 Å². The molecule has 2 aromatic carbocycles. The Morgan fingerprint density at radius 3 is 2.62 bits per heavy atom. The van der Waals surface area contributed by atoms with E-state index in [4.69, 9.17) is 4.98 Å². The summed E-state index contributed by atoms with van der Waals surface area (Å²) in [6.45, 7) is 7.17. The van der Waals surface area contributed by atoms with Gasteiger partial charge in [-0.1, -0.05) is 12.1 Å². The van der Waals surface area contributed by atoms with Crippen molar-refractivity contribution in [2.75, 3.05) is 62.2 Å². The number of imidazole rings is 1. The molecule has 0 saturated carbocycles. The van der Waals surface area contributed by atoms with Gasteiger partial charge in [-0.05, 0) is 62.2 Å². The monoisotopic (exact) mass is 464 g/mol. The first-order valence-corrected chi connectivity index (χ1v) is 12.4. The Kier molecular flexibility index (Phi) is 6.94. The largest absolute Gasteiger partial charge is 0.369 e. The lowest BCUT2D eigenvalue weighted by Gasteiger charge is -2.36. The normalized spacial score (nSPS) is 19.5. The molecule has 0 radical (unpaired) electrons. The first-order chi connectivity index (χ1) is 16.7. The van der Waals surface area contributed by atoms with Crippen molar-refractivity contribution in [3.05, 3.63) is 54.3 Å². The summed E-state index contributed by atoms with van der Waals surface area (Å²) in [6.07, 6.45) is 2.86. The lowest BCUT2D eigenvalue weighted by Crippen LogP contribution is -2.47. The Labute approximate surface area is 199 Å². The number of carbonyl (C=O) groups excluding carboxylic acids is 1. The number of nitrogens with zero attached hydrogens (tertiary/aromatic N) is 4. The van der Waals surface area contributed by atoms with E-state index in [-0.39, 0.29) is 17.6 Å². The van der Waals surface area contributed by atoms with Crippen molar-refractivity contribution < 1.29 is 9.18 Å². The summed E-state index contributed by atoms with van der Waals surface area (Å²) in [5.41, 5.74) is 3.07. The van der Waals surface area contributed by atoms with Crippen LogP contribution in [0.1, 0.15) is 19.3 Å². The Morgan fingerprint density at radius 1 is 1.03 bits per heavy atom. The summed E-state index contributed by atoms with van der Waals surface area (Å²) in [5, 5.41) is 3.16. The van der Waals surface area contributed by atoms with Gasteiger partial charge in [-0.25, -0.2) is 9.37 Å². The standard InChI is InChI=1S/C26H33FN6O/c27-21-8-10-22(11-9-21)32-17-15-31(16-18-32)13-4-12-28-25(34)20-5-3-14-33(19-20)26-29-23-6-1-2-7-24(23)30-26/h1-2,6-11,20H,3-5,12-19H2,(H,28,34)(H,29,30). The SMILES string of the molecule is O=C(NCCCN1CCN(c2ccc(F)cc2)CC1)C1CCCN(c2nc3ccccc3[nH]2)C1. The summed E-state index contributed by atoms with van der Waals surface area (Å²) in [5.74, 6) is 0.821. The number of hydrogen-bond acceptors (Lipinski definition) is 5. The smallest absolute Gasteiger partial charge is 0.224 e. The quantitative estimate of drug-likeness (QED) is 0.526. The topological polar surface area (TPSA) is 67.5 Å². The second kappa shape index (κ2) is 10.4. The molecule has 1 unspecified atom stereocenters. The van der Waals surface area contributed by atoms with Crippen LogP contribution in [0.3, 0.4) is 0 Å². The van der Waals surface area contributed by atoms with Gasteiger partial charge in [0.15, 0.2) is 0 Å². The van der Waals surface area contributed by atoms with Gasteiger partial charge in [-0.2, -0.15) is 0 Å². The van der Waals surface area contributed by atoms with Crippen LogP contribution in [0.2, 0.25) is 0 Å². The minimum Gasteiger partial charge on any atom is -0.369 e. The van der Waals surface area contributed by atoms with Crippen molar-refractivity contribution >= 4 is 28.6 Å². The summed E-state index contributed by atoms with van der Waals surface area (Å²) < 4.78 is 13.1. The number of para-hydroxylation sites is 2. The van der Waals surface area contributed by atoms with Gasteiger partial charge < -0.3 is 20.1 Å². The first kappa shape index (κ1) is 22.7. The fourth-order valence-corrected chi connectivity index (χ4v) is 5.01. The van der Waals surface area contributed by atoms with Crippen molar-refractivity contribution in [3.8, 4) is 0 Å². The molecule has 0 bridgehead atoms. The van der Waals surface area contributed by atoms with Gasteiger partial charge in [0.05, 0.1) is 17.0 Å². The van der Waals surface area contributed by atoms with Crippen molar-refractivity contribution in [2.24, 2.45) is 5.92 Å². The molecule has 2 aliphatic heterocycles. The van der Waals surface area contributed by atoms with E-state index in [1.165, 1.54) is 12.1 Å². The molecule has 3 aromatic rings. The number of piperazine rings is 1. The Morgan fingerprint density at radius 2 is 1.82 bits per heavy atom. The zero-order valence-corrected chi connectivity index (χ0v) is 19.5. The molecule has 2 saturated heterocycles. The number of benzene rings is 2. The molecule has 3 heterocycles. The van der Waals surface area contributed by atoms with E-state index in [1.54, 1.807) is 0 Å². The van der Waals surface area contributed by atoms with Gasteiger partial charge in [0.2, 0.25) is 11.9 Å². The minimum atomic E-state index is -0.195. The van der Waals surface area contributed by atoms with E-state index in [0.717, 1.165) is 81.2 Å². The second-order valence-electron chi connectivity index (χ2n) is 9.31. The lowest BCUT2D eigenvalue weighted by atomic mass is 9.97. The van der Waals surface area contributed by atoms with Gasteiger partial charge >= 0.3 is 0 Å². The molecule has 0 spiro atoms. The molecule has 2 fully saturated rings. The maximum Gasteiger partial charge on any atom is 0.224 e. The molecule has 0 aliphatic carbocycles. The van der Waals surface area contributed by atoms with Crippen LogP contribution in [0.25, 0.3) is 11.0 Å². The van der Waals surface area contributed by atoms with E-state index in [1.807, 2.05) is 36.4 Å². The molecule has 7 nitrogen and oxygen atoms in total. The fourth-order valence-electron chi connectivity index (χ4n) is 5.01. The van der Waals surface area contributed by atoms with Gasteiger partial charge in [0, 0.05) is 51.5 Å². The third kappa shape index (κ3) is 5.33. The van der Waals surface area contributed by atoms with E-state index in [0.29, 0.717) is 13.1 Å². The average molecular weight is 465 g/mol. The number of rotatable bonds is 7. The molecule has 1 atom stereocenters.